The molecule has 2 aromatic carbocycles. The van der Waals surface area contributed by atoms with Gasteiger partial charge in [-0.15, -0.1) is 0 Å². The van der Waals surface area contributed by atoms with Gasteiger partial charge in [-0.2, -0.15) is 0 Å². The maximum atomic E-state index is 12.3. The lowest BCUT2D eigenvalue weighted by molar-refractivity contribution is -0.117. The zero-order chi connectivity index (χ0) is 20.0. The average Bonchev–Trinajstić information content (AvgIpc) is 2.58. The van der Waals surface area contributed by atoms with Crippen molar-refractivity contribution in [3.63, 3.8) is 0 Å². The van der Waals surface area contributed by atoms with Gasteiger partial charge in [-0.3, -0.25) is 14.4 Å². The Balaban J connectivity index is 2.03. The van der Waals surface area contributed by atoms with E-state index in [1.54, 1.807) is 42.5 Å². The molecule has 2 aromatic rings. The second-order valence-electron chi connectivity index (χ2n) is 6.11. The van der Waals surface area contributed by atoms with Crippen molar-refractivity contribution in [3.8, 4) is 0 Å². The van der Waals surface area contributed by atoms with Gasteiger partial charge in [0.2, 0.25) is 17.7 Å². The molecule has 2 rings (SSSR count). The molecule has 0 fully saturated rings. The Hall–Kier alpha value is -2.86. The van der Waals surface area contributed by atoms with Crippen LogP contribution in [0.4, 0.5) is 17.1 Å². The Morgan fingerprint density at radius 2 is 1.63 bits per heavy atom. The third-order valence-corrected chi connectivity index (χ3v) is 4.35. The van der Waals surface area contributed by atoms with Crippen molar-refractivity contribution < 1.29 is 14.4 Å². The first kappa shape index (κ1) is 20.5. The highest BCUT2D eigenvalue weighted by Crippen LogP contribution is 2.27. The van der Waals surface area contributed by atoms with Gasteiger partial charge in [0.1, 0.15) is 0 Å². The molecule has 3 amide bonds. The largest absolute Gasteiger partial charge is 0.326 e. The van der Waals surface area contributed by atoms with Crippen molar-refractivity contribution >= 4 is 46.4 Å². The highest BCUT2D eigenvalue weighted by Gasteiger charge is 2.16. The van der Waals surface area contributed by atoms with E-state index >= 15 is 0 Å². The van der Waals surface area contributed by atoms with Crippen molar-refractivity contribution in [1.29, 1.82) is 0 Å². The molecule has 0 aliphatic heterocycles. The maximum Gasteiger partial charge on any atom is 0.226 e. The molecule has 0 atom stereocenters. The number of halogens is 1. The van der Waals surface area contributed by atoms with Gasteiger partial charge in [-0.25, -0.2) is 0 Å². The van der Waals surface area contributed by atoms with Gasteiger partial charge in [0.15, 0.2) is 0 Å². The van der Waals surface area contributed by atoms with Gasteiger partial charge in [0.25, 0.3) is 0 Å². The van der Waals surface area contributed by atoms with Crippen molar-refractivity contribution in [3.05, 3.63) is 53.1 Å². The Kier molecular flexibility index (Phi) is 6.96. The van der Waals surface area contributed by atoms with E-state index in [1.165, 1.54) is 18.7 Å². The summed E-state index contributed by atoms with van der Waals surface area (Å²) >= 11 is 6.14. The second-order valence-corrected chi connectivity index (χ2v) is 6.52. The molecule has 0 unspecified atom stereocenters. The Bertz CT molecular complexity index is 867. The zero-order valence-electron chi connectivity index (χ0n) is 15.5. The van der Waals surface area contributed by atoms with Crippen LogP contribution in [-0.2, 0) is 14.4 Å². The maximum absolute atomic E-state index is 12.3. The molecule has 2 N–H and O–H groups in total. The molecule has 0 bridgehead atoms. The summed E-state index contributed by atoms with van der Waals surface area (Å²) in [7, 11) is 0. The summed E-state index contributed by atoms with van der Waals surface area (Å²) in [5.41, 5.74) is 2.65. The summed E-state index contributed by atoms with van der Waals surface area (Å²) in [6, 6.07) is 12.2. The fourth-order valence-electron chi connectivity index (χ4n) is 2.65. The van der Waals surface area contributed by atoms with Crippen LogP contribution >= 0.6 is 11.6 Å². The van der Waals surface area contributed by atoms with E-state index in [0.717, 1.165) is 5.56 Å². The minimum Gasteiger partial charge on any atom is -0.326 e. The van der Waals surface area contributed by atoms with E-state index in [2.05, 4.69) is 10.6 Å². The zero-order valence-corrected chi connectivity index (χ0v) is 16.3. The molecule has 0 radical (unpaired) electrons. The number of nitrogens with zero attached hydrogens (tertiary/aromatic N) is 1. The molecule has 0 aromatic heterocycles. The predicted octanol–water partition coefficient (Wildman–Crippen LogP) is 3.99. The van der Waals surface area contributed by atoms with Gasteiger partial charge in [0.05, 0.1) is 0 Å². The standard InChI is InChI=1S/C20H22ClN3O3/c1-13-18(21)8-5-9-19(13)24(15(3)26)11-10-20(27)23-17-7-4-6-16(12-17)22-14(2)25/h4-9,12H,10-11H2,1-3H3,(H,22,25)(H,23,27). The van der Waals surface area contributed by atoms with E-state index in [4.69, 9.17) is 11.6 Å². The molecular formula is C20H22ClN3O3. The summed E-state index contributed by atoms with van der Waals surface area (Å²) < 4.78 is 0. The lowest BCUT2D eigenvalue weighted by atomic mass is 10.1. The molecule has 0 spiro atoms. The van der Waals surface area contributed by atoms with Gasteiger partial charge < -0.3 is 15.5 Å². The molecule has 0 saturated carbocycles. The van der Waals surface area contributed by atoms with Gasteiger partial charge in [0, 0.05) is 48.9 Å². The van der Waals surface area contributed by atoms with E-state index in [-0.39, 0.29) is 30.7 Å². The van der Waals surface area contributed by atoms with Gasteiger partial charge >= 0.3 is 0 Å². The number of benzene rings is 2. The van der Waals surface area contributed by atoms with Crippen molar-refractivity contribution in [2.45, 2.75) is 27.2 Å². The smallest absolute Gasteiger partial charge is 0.226 e. The van der Waals surface area contributed by atoms with Crippen LogP contribution in [0.1, 0.15) is 25.8 Å². The molecule has 0 heterocycles. The van der Waals surface area contributed by atoms with Crippen LogP contribution < -0.4 is 15.5 Å². The average molecular weight is 388 g/mol. The van der Waals surface area contributed by atoms with E-state index in [1.807, 2.05) is 6.92 Å². The van der Waals surface area contributed by atoms with Crippen LogP contribution in [0, 0.1) is 6.92 Å². The molecule has 7 heteroatoms. The number of rotatable bonds is 6. The number of carbonyl (C=O) groups is 3. The quantitative estimate of drug-likeness (QED) is 0.786. The number of hydrogen-bond donors (Lipinski definition) is 2. The number of anilines is 3. The lowest BCUT2D eigenvalue weighted by Gasteiger charge is -2.23. The van der Waals surface area contributed by atoms with E-state index < -0.39 is 0 Å². The summed E-state index contributed by atoms with van der Waals surface area (Å²) in [6.45, 7) is 4.93. The molecule has 27 heavy (non-hydrogen) atoms. The predicted molar refractivity (Wildman–Crippen MR) is 108 cm³/mol. The SMILES string of the molecule is CC(=O)Nc1cccc(NC(=O)CCN(C(C)=O)c2cccc(Cl)c2C)c1. The molecule has 142 valence electrons. The molecule has 6 nitrogen and oxygen atoms in total. The van der Waals surface area contributed by atoms with Crippen molar-refractivity contribution in [2.75, 3.05) is 22.1 Å². The molecule has 0 aliphatic carbocycles. The van der Waals surface area contributed by atoms with Crippen LogP contribution in [0.15, 0.2) is 42.5 Å². The number of hydrogen-bond acceptors (Lipinski definition) is 3. The molecule has 0 aliphatic rings. The van der Waals surface area contributed by atoms with E-state index in [0.29, 0.717) is 22.1 Å². The third kappa shape index (κ3) is 5.82. The highest BCUT2D eigenvalue weighted by atomic mass is 35.5. The topological polar surface area (TPSA) is 78.5 Å². The monoisotopic (exact) mass is 387 g/mol. The molecule has 0 saturated heterocycles. The van der Waals surface area contributed by atoms with Gasteiger partial charge in [-0.05, 0) is 42.8 Å². The summed E-state index contributed by atoms with van der Waals surface area (Å²) in [4.78, 5) is 37.0. The first-order chi connectivity index (χ1) is 12.8. The fraction of sp³-hybridized carbons (Fsp3) is 0.250. The minimum atomic E-state index is -0.235. The second kappa shape index (κ2) is 9.19. The Morgan fingerprint density at radius 1 is 1.00 bits per heavy atom. The van der Waals surface area contributed by atoms with Crippen molar-refractivity contribution in [2.24, 2.45) is 0 Å². The minimum absolute atomic E-state index is 0.121. The van der Waals surface area contributed by atoms with Crippen molar-refractivity contribution in [1.82, 2.24) is 0 Å². The molecular weight excluding hydrogens is 366 g/mol. The Morgan fingerprint density at radius 3 is 2.26 bits per heavy atom. The van der Waals surface area contributed by atoms with Crippen LogP contribution in [0.2, 0.25) is 5.02 Å². The normalized spacial score (nSPS) is 10.2. The van der Waals surface area contributed by atoms with Crippen LogP contribution in [0.25, 0.3) is 0 Å². The van der Waals surface area contributed by atoms with Crippen LogP contribution in [-0.4, -0.2) is 24.3 Å². The number of amides is 3. The van der Waals surface area contributed by atoms with E-state index in [9.17, 15) is 14.4 Å². The lowest BCUT2D eigenvalue weighted by Crippen LogP contribution is -2.32. The summed E-state index contributed by atoms with van der Waals surface area (Å²) in [5, 5.41) is 6.00. The van der Waals surface area contributed by atoms with Gasteiger partial charge in [-0.1, -0.05) is 23.7 Å². The highest BCUT2D eigenvalue weighted by molar-refractivity contribution is 6.31. The third-order valence-electron chi connectivity index (χ3n) is 3.94. The summed E-state index contributed by atoms with van der Waals surface area (Å²) in [6.07, 6.45) is 0.121. The Labute approximate surface area is 163 Å². The number of nitrogens with one attached hydrogen (secondary N) is 2. The fourth-order valence-corrected chi connectivity index (χ4v) is 2.82. The summed E-state index contributed by atoms with van der Waals surface area (Å²) in [5.74, 6) is -0.589. The first-order valence-corrected chi connectivity index (χ1v) is 8.86. The van der Waals surface area contributed by atoms with Crippen LogP contribution in [0.5, 0.6) is 0 Å². The number of carbonyl (C=O) groups excluding carboxylic acids is 3. The first-order valence-electron chi connectivity index (χ1n) is 8.48. The van der Waals surface area contributed by atoms with Crippen LogP contribution in [0.3, 0.4) is 0 Å².